The van der Waals surface area contributed by atoms with Crippen LogP contribution in [-0.4, -0.2) is 20.9 Å². The van der Waals surface area contributed by atoms with Gasteiger partial charge in [-0.1, -0.05) is 30.3 Å². The van der Waals surface area contributed by atoms with E-state index in [1.54, 1.807) is 43.3 Å². The van der Waals surface area contributed by atoms with Crippen LogP contribution < -0.4 is 10.0 Å². The predicted octanol–water partition coefficient (Wildman–Crippen LogP) is 2.67. The molecule has 22 heavy (non-hydrogen) atoms. The van der Waals surface area contributed by atoms with Crippen LogP contribution in [0.25, 0.3) is 0 Å². The van der Waals surface area contributed by atoms with Gasteiger partial charge in [0.2, 0.25) is 15.9 Å². The molecule has 0 aliphatic carbocycles. The molecule has 2 aromatic carbocycles. The Hall–Kier alpha value is -1.70. The number of aryl methyl sites for hydroxylation is 1. The van der Waals surface area contributed by atoms with Crippen molar-refractivity contribution in [2.24, 2.45) is 0 Å². The van der Waals surface area contributed by atoms with Crippen LogP contribution >= 0.6 is 15.9 Å². The molecule has 2 N–H and O–H groups in total. The molecule has 5 nitrogen and oxygen atoms in total. The normalized spacial score (nSPS) is 11.2. The van der Waals surface area contributed by atoms with Gasteiger partial charge in [-0.2, -0.15) is 0 Å². The molecule has 0 unspecified atom stereocenters. The summed E-state index contributed by atoms with van der Waals surface area (Å²) in [4.78, 5) is 12.0. The first kappa shape index (κ1) is 16.7. The Labute approximate surface area is 137 Å². The highest BCUT2D eigenvalue weighted by atomic mass is 79.9. The predicted molar refractivity (Wildman–Crippen MR) is 89.1 cm³/mol. The fourth-order valence-corrected chi connectivity index (χ4v) is 3.46. The second kappa shape index (κ2) is 7.04. The van der Waals surface area contributed by atoms with E-state index in [4.69, 9.17) is 0 Å². The number of carbonyl (C=O) groups excluding carboxylic acids is 1. The van der Waals surface area contributed by atoms with Gasteiger partial charge < -0.3 is 5.32 Å². The summed E-state index contributed by atoms with van der Waals surface area (Å²) in [7, 11) is -3.71. The van der Waals surface area contributed by atoms with Crippen molar-refractivity contribution in [3.63, 3.8) is 0 Å². The van der Waals surface area contributed by atoms with Gasteiger partial charge in [0.25, 0.3) is 0 Å². The van der Waals surface area contributed by atoms with Gasteiger partial charge in [-0.15, -0.1) is 0 Å². The zero-order chi connectivity index (χ0) is 16.2. The molecular formula is C15H15BrN2O3S. The van der Waals surface area contributed by atoms with Crippen LogP contribution in [-0.2, 0) is 14.8 Å². The van der Waals surface area contributed by atoms with Crippen molar-refractivity contribution in [2.45, 2.75) is 11.8 Å². The molecule has 0 heterocycles. The summed E-state index contributed by atoms with van der Waals surface area (Å²) < 4.78 is 27.4. The number of anilines is 1. The Balaban J connectivity index is 2.02. The van der Waals surface area contributed by atoms with E-state index in [0.717, 1.165) is 4.47 Å². The molecule has 0 bridgehead atoms. The Morgan fingerprint density at radius 2 is 1.73 bits per heavy atom. The van der Waals surface area contributed by atoms with Gasteiger partial charge in [-0.05, 0) is 46.6 Å². The number of rotatable bonds is 5. The number of hydrogen-bond donors (Lipinski definition) is 2. The minimum atomic E-state index is -3.71. The van der Waals surface area contributed by atoms with E-state index in [1.807, 2.05) is 6.07 Å². The van der Waals surface area contributed by atoms with Crippen LogP contribution in [0.2, 0.25) is 0 Å². The van der Waals surface area contributed by atoms with Crippen molar-refractivity contribution in [3.8, 4) is 0 Å². The number of hydrogen-bond acceptors (Lipinski definition) is 3. The van der Waals surface area contributed by atoms with Gasteiger partial charge in [0.1, 0.15) is 0 Å². The van der Waals surface area contributed by atoms with E-state index in [0.29, 0.717) is 11.3 Å². The first-order chi connectivity index (χ1) is 10.4. The average molecular weight is 383 g/mol. The molecule has 0 fully saturated rings. The summed E-state index contributed by atoms with van der Waals surface area (Å²) >= 11 is 3.31. The molecule has 0 radical (unpaired) electrons. The van der Waals surface area contributed by atoms with Crippen LogP contribution in [0.4, 0.5) is 5.69 Å². The number of carbonyl (C=O) groups is 1. The molecule has 0 saturated carbocycles. The molecule has 0 spiro atoms. The standard InChI is InChI=1S/C15H15BrN2O3S/c1-11-6-2-5-9-14(11)22(20,21)17-10-15(19)18-13-8-4-3-7-12(13)16/h2-9,17H,10H2,1H3,(H,18,19). The van der Waals surface area contributed by atoms with E-state index in [1.165, 1.54) is 6.07 Å². The maximum Gasteiger partial charge on any atom is 0.241 e. The topological polar surface area (TPSA) is 75.3 Å². The molecule has 2 rings (SSSR count). The smallest absolute Gasteiger partial charge is 0.241 e. The van der Waals surface area contributed by atoms with Crippen molar-refractivity contribution in [1.82, 2.24) is 4.72 Å². The Kier molecular flexibility index (Phi) is 5.33. The van der Waals surface area contributed by atoms with Crippen molar-refractivity contribution < 1.29 is 13.2 Å². The van der Waals surface area contributed by atoms with Crippen molar-refractivity contribution in [1.29, 1.82) is 0 Å². The summed E-state index contributed by atoms with van der Waals surface area (Å²) in [5.41, 5.74) is 1.21. The van der Waals surface area contributed by atoms with Crippen LogP contribution in [0.1, 0.15) is 5.56 Å². The second-order valence-corrected chi connectivity index (χ2v) is 7.21. The highest BCUT2D eigenvalue weighted by Crippen LogP contribution is 2.21. The lowest BCUT2D eigenvalue weighted by Crippen LogP contribution is -2.33. The molecule has 1 amide bonds. The number of sulfonamides is 1. The van der Waals surface area contributed by atoms with Crippen molar-refractivity contribution >= 4 is 37.5 Å². The lowest BCUT2D eigenvalue weighted by molar-refractivity contribution is -0.115. The number of amides is 1. The molecule has 0 atom stereocenters. The third kappa shape index (κ3) is 4.16. The molecule has 0 aliphatic heterocycles. The summed E-state index contributed by atoms with van der Waals surface area (Å²) in [5, 5.41) is 2.64. The van der Waals surface area contributed by atoms with Crippen molar-refractivity contribution in [3.05, 3.63) is 58.6 Å². The summed E-state index contributed by atoms with van der Waals surface area (Å²) in [6.07, 6.45) is 0. The van der Waals surface area contributed by atoms with E-state index in [2.05, 4.69) is 26.0 Å². The largest absolute Gasteiger partial charge is 0.324 e. The fraction of sp³-hybridized carbons (Fsp3) is 0.133. The maximum atomic E-state index is 12.2. The highest BCUT2D eigenvalue weighted by Gasteiger charge is 2.17. The molecule has 116 valence electrons. The zero-order valence-corrected chi connectivity index (χ0v) is 14.2. The zero-order valence-electron chi connectivity index (χ0n) is 11.8. The number of halogens is 1. The van der Waals surface area contributed by atoms with E-state index in [-0.39, 0.29) is 11.4 Å². The van der Waals surface area contributed by atoms with Gasteiger partial charge >= 0.3 is 0 Å². The summed E-state index contributed by atoms with van der Waals surface area (Å²) in [5.74, 6) is -0.441. The third-order valence-corrected chi connectivity index (χ3v) is 5.21. The minimum absolute atomic E-state index is 0.170. The van der Waals surface area contributed by atoms with Crippen LogP contribution in [0, 0.1) is 6.92 Å². The highest BCUT2D eigenvalue weighted by molar-refractivity contribution is 9.10. The van der Waals surface area contributed by atoms with Gasteiger partial charge in [-0.25, -0.2) is 13.1 Å². The summed E-state index contributed by atoms with van der Waals surface area (Å²) in [6, 6.07) is 13.7. The third-order valence-electron chi connectivity index (χ3n) is 2.95. The molecule has 0 aliphatic rings. The fourth-order valence-electron chi connectivity index (χ4n) is 1.85. The minimum Gasteiger partial charge on any atom is -0.324 e. The van der Waals surface area contributed by atoms with Gasteiger partial charge in [0, 0.05) is 4.47 Å². The van der Waals surface area contributed by atoms with Crippen LogP contribution in [0.15, 0.2) is 57.9 Å². The average Bonchev–Trinajstić information content (AvgIpc) is 2.48. The molecule has 2 aromatic rings. The van der Waals surface area contributed by atoms with Crippen LogP contribution in [0.3, 0.4) is 0 Å². The van der Waals surface area contributed by atoms with Crippen molar-refractivity contribution in [2.75, 3.05) is 11.9 Å². The molecule has 0 aromatic heterocycles. The quantitative estimate of drug-likeness (QED) is 0.834. The SMILES string of the molecule is Cc1ccccc1S(=O)(=O)NCC(=O)Nc1ccccc1Br. The van der Waals surface area contributed by atoms with Gasteiger partial charge in [-0.3, -0.25) is 4.79 Å². The second-order valence-electron chi connectivity index (χ2n) is 4.62. The Bertz CT molecular complexity index is 791. The monoisotopic (exact) mass is 382 g/mol. The Morgan fingerprint density at radius 3 is 2.41 bits per heavy atom. The molecule has 7 heteroatoms. The summed E-state index contributed by atoms with van der Waals surface area (Å²) in [6.45, 7) is 1.37. The van der Waals surface area contributed by atoms with Crippen LogP contribution in [0.5, 0.6) is 0 Å². The lowest BCUT2D eigenvalue weighted by atomic mass is 10.2. The lowest BCUT2D eigenvalue weighted by Gasteiger charge is -2.10. The molecular weight excluding hydrogens is 368 g/mol. The molecule has 0 saturated heterocycles. The van der Waals surface area contributed by atoms with E-state index < -0.39 is 15.9 Å². The van der Waals surface area contributed by atoms with E-state index in [9.17, 15) is 13.2 Å². The number of benzene rings is 2. The van der Waals surface area contributed by atoms with Gasteiger partial charge in [0.15, 0.2) is 0 Å². The van der Waals surface area contributed by atoms with E-state index >= 15 is 0 Å². The number of nitrogens with one attached hydrogen (secondary N) is 2. The van der Waals surface area contributed by atoms with Gasteiger partial charge in [0.05, 0.1) is 17.1 Å². The maximum absolute atomic E-state index is 12.2. The first-order valence-electron chi connectivity index (χ1n) is 6.50. The Morgan fingerprint density at radius 1 is 1.09 bits per heavy atom. The number of para-hydroxylation sites is 1. The first-order valence-corrected chi connectivity index (χ1v) is 8.77.